The summed E-state index contributed by atoms with van der Waals surface area (Å²) in [5.74, 6) is 0.674. The number of nitrogens with zero attached hydrogens (tertiary/aromatic N) is 3. The molecule has 7 heteroatoms. The molecule has 1 aromatic heterocycles. The van der Waals surface area contributed by atoms with Gasteiger partial charge in [-0.05, 0) is 36.1 Å². The molecule has 4 rings (SSSR count). The van der Waals surface area contributed by atoms with Gasteiger partial charge in [0.05, 0.1) is 17.6 Å². The smallest absolute Gasteiger partial charge is 0.319 e. The van der Waals surface area contributed by atoms with Gasteiger partial charge in [-0.1, -0.05) is 56.3 Å². The van der Waals surface area contributed by atoms with E-state index in [0.717, 1.165) is 60.6 Å². The van der Waals surface area contributed by atoms with Crippen LogP contribution in [-0.2, 0) is 11.2 Å². The molecule has 3 amide bonds. The SMILES string of the molecule is Cc1cc(NC(=O)NCCN2CCN(C(=O)Cc3ccc(C(C)C)cc3)CC2)c2ccccc2n1. The van der Waals surface area contributed by atoms with Gasteiger partial charge in [0.1, 0.15) is 0 Å². The number of aromatic nitrogens is 1. The summed E-state index contributed by atoms with van der Waals surface area (Å²) in [7, 11) is 0. The summed E-state index contributed by atoms with van der Waals surface area (Å²) >= 11 is 0. The van der Waals surface area contributed by atoms with E-state index in [0.29, 0.717) is 18.9 Å². The van der Waals surface area contributed by atoms with Crippen LogP contribution < -0.4 is 10.6 Å². The number of benzene rings is 2. The monoisotopic (exact) mass is 473 g/mol. The molecule has 1 fully saturated rings. The number of para-hydroxylation sites is 1. The lowest BCUT2D eigenvalue weighted by Gasteiger charge is -2.34. The molecule has 0 radical (unpaired) electrons. The van der Waals surface area contributed by atoms with E-state index in [-0.39, 0.29) is 11.9 Å². The number of piperazine rings is 1. The summed E-state index contributed by atoms with van der Waals surface area (Å²) in [4.78, 5) is 33.9. The molecule has 184 valence electrons. The molecule has 0 aliphatic carbocycles. The van der Waals surface area contributed by atoms with Gasteiger partial charge < -0.3 is 15.5 Å². The van der Waals surface area contributed by atoms with Crippen molar-refractivity contribution in [1.82, 2.24) is 20.1 Å². The van der Waals surface area contributed by atoms with E-state index in [2.05, 4.69) is 58.6 Å². The number of carbonyl (C=O) groups excluding carboxylic acids is 2. The van der Waals surface area contributed by atoms with Crippen molar-refractivity contribution < 1.29 is 9.59 Å². The van der Waals surface area contributed by atoms with E-state index in [4.69, 9.17) is 0 Å². The van der Waals surface area contributed by atoms with Gasteiger partial charge in [0, 0.05) is 50.3 Å². The average Bonchev–Trinajstić information content (AvgIpc) is 2.84. The zero-order valence-electron chi connectivity index (χ0n) is 20.9. The van der Waals surface area contributed by atoms with Crippen molar-refractivity contribution in [3.8, 4) is 0 Å². The predicted molar refractivity (Wildman–Crippen MR) is 141 cm³/mol. The minimum absolute atomic E-state index is 0.180. The van der Waals surface area contributed by atoms with Crippen molar-refractivity contribution in [2.24, 2.45) is 0 Å². The van der Waals surface area contributed by atoms with E-state index < -0.39 is 0 Å². The van der Waals surface area contributed by atoms with Crippen LogP contribution in [0.4, 0.5) is 10.5 Å². The lowest BCUT2D eigenvalue weighted by Crippen LogP contribution is -2.50. The first-order valence-electron chi connectivity index (χ1n) is 12.4. The minimum atomic E-state index is -0.224. The second-order valence-electron chi connectivity index (χ2n) is 9.50. The summed E-state index contributed by atoms with van der Waals surface area (Å²) in [6, 6.07) is 17.8. The third-order valence-electron chi connectivity index (χ3n) is 6.53. The number of hydrogen-bond acceptors (Lipinski definition) is 4. The molecule has 0 bridgehead atoms. The van der Waals surface area contributed by atoms with Gasteiger partial charge in [0.25, 0.3) is 0 Å². The molecule has 0 spiro atoms. The maximum absolute atomic E-state index is 12.7. The molecule has 0 unspecified atom stereocenters. The first kappa shape index (κ1) is 24.7. The van der Waals surface area contributed by atoms with Crippen molar-refractivity contribution in [1.29, 1.82) is 0 Å². The fourth-order valence-corrected chi connectivity index (χ4v) is 4.43. The highest BCUT2D eigenvalue weighted by Crippen LogP contribution is 2.22. The van der Waals surface area contributed by atoms with Gasteiger partial charge in [-0.25, -0.2) is 4.79 Å². The highest BCUT2D eigenvalue weighted by atomic mass is 16.2. The minimum Gasteiger partial charge on any atom is -0.340 e. The zero-order chi connectivity index (χ0) is 24.8. The average molecular weight is 474 g/mol. The Morgan fingerprint density at radius 3 is 2.43 bits per heavy atom. The van der Waals surface area contributed by atoms with Crippen LogP contribution in [-0.4, -0.2) is 66.0 Å². The molecule has 7 nitrogen and oxygen atoms in total. The molecule has 1 saturated heterocycles. The Hall–Kier alpha value is -3.45. The molecule has 2 N–H and O–H groups in total. The van der Waals surface area contributed by atoms with Crippen LogP contribution in [0, 0.1) is 6.92 Å². The van der Waals surface area contributed by atoms with Gasteiger partial charge in [0.2, 0.25) is 5.91 Å². The molecule has 3 aromatic rings. The van der Waals surface area contributed by atoms with Crippen molar-refractivity contribution in [2.45, 2.75) is 33.1 Å². The van der Waals surface area contributed by atoms with Crippen LogP contribution in [0.5, 0.6) is 0 Å². The Morgan fingerprint density at radius 2 is 1.71 bits per heavy atom. The molecular weight excluding hydrogens is 438 g/mol. The summed E-state index contributed by atoms with van der Waals surface area (Å²) in [6.45, 7) is 10.6. The van der Waals surface area contributed by atoms with Crippen molar-refractivity contribution in [3.05, 3.63) is 71.4 Å². The third kappa shape index (κ3) is 6.57. The summed E-state index contributed by atoms with van der Waals surface area (Å²) in [5, 5.41) is 6.83. The van der Waals surface area contributed by atoms with Gasteiger partial charge in [-0.15, -0.1) is 0 Å². The second kappa shape index (κ2) is 11.3. The third-order valence-corrected chi connectivity index (χ3v) is 6.53. The number of aryl methyl sites for hydroxylation is 1. The van der Waals surface area contributed by atoms with Crippen LogP contribution in [0.15, 0.2) is 54.6 Å². The summed E-state index contributed by atoms with van der Waals surface area (Å²) in [5.41, 5.74) is 4.84. The van der Waals surface area contributed by atoms with Crippen molar-refractivity contribution in [2.75, 3.05) is 44.6 Å². The number of pyridine rings is 1. The Morgan fingerprint density at radius 1 is 1.00 bits per heavy atom. The van der Waals surface area contributed by atoms with E-state index >= 15 is 0 Å². The lowest BCUT2D eigenvalue weighted by atomic mass is 10.0. The van der Waals surface area contributed by atoms with E-state index in [1.165, 1.54) is 5.56 Å². The Labute approximate surface area is 207 Å². The predicted octanol–water partition coefficient (Wildman–Crippen LogP) is 4.18. The molecule has 1 aliphatic heterocycles. The van der Waals surface area contributed by atoms with Crippen molar-refractivity contribution in [3.63, 3.8) is 0 Å². The highest BCUT2D eigenvalue weighted by Gasteiger charge is 2.21. The van der Waals surface area contributed by atoms with Crippen LogP contribution >= 0.6 is 0 Å². The number of hydrogen-bond donors (Lipinski definition) is 2. The topological polar surface area (TPSA) is 77.6 Å². The van der Waals surface area contributed by atoms with Crippen LogP contribution in [0.25, 0.3) is 10.9 Å². The van der Waals surface area contributed by atoms with Gasteiger partial charge in [-0.3, -0.25) is 14.7 Å². The first-order valence-corrected chi connectivity index (χ1v) is 12.4. The normalized spacial score (nSPS) is 14.3. The summed E-state index contributed by atoms with van der Waals surface area (Å²) < 4.78 is 0. The molecule has 2 heterocycles. The number of amides is 3. The van der Waals surface area contributed by atoms with E-state index in [9.17, 15) is 9.59 Å². The summed E-state index contributed by atoms with van der Waals surface area (Å²) in [6.07, 6.45) is 0.448. The Kier molecular flexibility index (Phi) is 7.98. The zero-order valence-corrected chi connectivity index (χ0v) is 20.9. The van der Waals surface area contributed by atoms with E-state index in [1.54, 1.807) is 0 Å². The van der Waals surface area contributed by atoms with Crippen molar-refractivity contribution >= 4 is 28.5 Å². The molecular formula is C28H35N5O2. The van der Waals surface area contributed by atoms with Crippen LogP contribution in [0.1, 0.15) is 36.6 Å². The molecule has 0 saturated carbocycles. The maximum Gasteiger partial charge on any atom is 0.319 e. The second-order valence-corrected chi connectivity index (χ2v) is 9.50. The quantitative estimate of drug-likeness (QED) is 0.540. The van der Waals surface area contributed by atoms with E-state index in [1.807, 2.05) is 42.2 Å². The highest BCUT2D eigenvalue weighted by molar-refractivity contribution is 6.00. The standard InChI is InChI=1S/C28H35N5O2/c1-20(2)23-10-8-22(9-11-23)19-27(34)33-16-14-32(15-17-33)13-12-29-28(35)31-26-18-21(3)30-25-7-5-4-6-24(25)26/h4-11,18,20H,12-17,19H2,1-3H3,(H2,29,30,31,35). The molecule has 35 heavy (non-hydrogen) atoms. The van der Waals surface area contributed by atoms with Gasteiger partial charge in [0.15, 0.2) is 0 Å². The Bertz CT molecular complexity index is 1170. The fourth-order valence-electron chi connectivity index (χ4n) is 4.43. The van der Waals surface area contributed by atoms with Gasteiger partial charge >= 0.3 is 6.03 Å². The molecule has 1 aliphatic rings. The molecule has 2 aromatic carbocycles. The lowest BCUT2D eigenvalue weighted by molar-refractivity contribution is -0.132. The van der Waals surface area contributed by atoms with Crippen LogP contribution in [0.3, 0.4) is 0 Å². The maximum atomic E-state index is 12.7. The number of carbonyl (C=O) groups is 2. The largest absolute Gasteiger partial charge is 0.340 e. The number of urea groups is 1. The molecule has 0 atom stereocenters. The van der Waals surface area contributed by atoms with Crippen LogP contribution in [0.2, 0.25) is 0 Å². The Balaban J connectivity index is 1.19. The number of nitrogens with one attached hydrogen (secondary N) is 2. The fraction of sp³-hybridized carbons (Fsp3) is 0.393. The first-order chi connectivity index (χ1) is 16.9. The number of fused-ring (bicyclic) bond motifs is 1. The number of anilines is 1. The van der Waals surface area contributed by atoms with Gasteiger partial charge in [-0.2, -0.15) is 0 Å². The number of rotatable bonds is 7.